The summed E-state index contributed by atoms with van der Waals surface area (Å²) in [6, 6.07) is 7.52. The molecular weight excluding hydrogens is 338 g/mol. The number of thioether (sulfide) groups is 1. The van der Waals surface area contributed by atoms with Crippen LogP contribution in [0.15, 0.2) is 24.3 Å². The van der Waals surface area contributed by atoms with Gasteiger partial charge in [0, 0.05) is 18.3 Å². The molecule has 0 unspecified atom stereocenters. The van der Waals surface area contributed by atoms with Gasteiger partial charge in [-0.05, 0) is 39.8 Å². The number of benzene rings is 1. The third-order valence-corrected chi connectivity index (χ3v) is 4.03. The maximum Gasteiger partial charge on any atom is 0.240 e. The number of carbonyl (C=O) groups is 3. The van der Waals surface area contributed by atoms with E-state index in [9.17, 15) is 14.4 Å². The minimum atomic E-state index is -0.330. The van der Waals surface area contributed by atoms with E-state index in [1.54, 1.807) is 7.05 Å². The Morgan fingerprint density at radius 1 is 1.04 bits per heavy atom. The summed E-state index contributed by atoms with van der Waals surface area (Å²) in [7, 11) is 1.58. The normalized spacial score (nSPS) is 10.9. The molecule has 0 saturated heterocycles. The number of nitrogens with one attached hydrogen (secondary N) is 2. The molecule has 6 nitrogen and oxygen atoms in total. The molecule has 1 rings (SSSR count). The Hall–Kier alpha value is -2.02. The molecule has 0 aliphatic carbocycles. The second kappa shape index (κ2) is 9.46. The number of nitrogens with zero attached hydrogens (tertiary/aromatic N) is 1. The Labute approximate surface area is 153 Å². The summed E-state index contributed by atoms with van der Waals surface area (Å²) >= 11 is 1.23. The van der Waals surface area contributed by atoms with Crippen LogP contribution in [0.2, 0.25) is 0 Å². The fourth-order valence-electron chi connectivity index (χ4n) is 1.94. The van der Waals surface area contributed by atoms with Crippen LogP contribution in [0.25, 0.3) is 0 Å². The SMILES string of the molecule is Cc1ccc(NC(=O)CSCC(=O)N(C)CC(=O)NC(C)(C)C)cc1. The summed E-state index contributed by atoms with van der Waals surface area (Å²) in [6.07, 6.45) is 0. The van der Waals surface area contributed by atoms with Crippen LogP contribution in [0, 0.1) is 6.92 Å². The van der Waals surface area contributed by atoms with E-state index in [1.807, 2.05) is 52.0 Å². The third-order valence-electron chi connectivity index (χ3n) is 3.11. The molecule has 138 valence electrons. The lowest BCUT2D eigenvalue weighted by Gasteiger charge is -2.23. The summed E-state index contributed by atoms with van der Waals surface area (Å²) in [5.74, 6) is -0.208. The zero-order valence-electron chi connectivity index (χ0n) is 15.5. The molecule has 1 aromatic rings. The van der Waals surface area contributed by atoms with E-state index in [2.05, 4.69) is 10.6 Å². The first-order valence-corrected chi connectivity index (χ1v) is 9.21. The molecule has 3 amide bonds. The van der Waals surface area contributed by atoms with Crippen molar-refractivity contribution in [2.75, 3.05) is 30.4 Å². The van der Waals surface area contributed by atoms with Crippen LogP contribution < -0.4 is 10.6 Å². The van der Waals surface area contributed by atoms with Gasteiger partial charge in [-0.3, -0.25) is 14.4 Å². The first-order valence-electron chi connectivity index (χ1n) is 8.06. The van der Waals surface area contributed by atoms with Crippen molar-refractivity contribution in [1.29, 1.82) is 0 Å². The van der Waals surface area contributed by atoms with Crippen LogP contribution in [0.1, 0.15) is 26.3 Å². The molecule has 0 saturated carbocycles. The van der Waals surface area contributed by atoms with Crippen molar-refractivity contribution in [3.63, 3.8) is 0 Å². The molecular formula is C18H27N3O3S. The Kier molecular flexibility index (Phi) is 7.96. The van der Waals surface area contributed by atoms with Crippen LogP contribution >= 0.6 is 11.8 Å². The molecule has 0 fully saturated rings. The minimum absolute atomic E-state index is 0.00618. The topological polar surface area (TPSA) is 78.5 Å². The third kappa shape index (κ3) is 9.14. The van der Waals surface area contributed by atoms with E-state index in [4.69, 9.17) is 0 Å². The van der Waals surface area contributed by atoms with Crippen LogP contribution in [0.4, 0.5) is 5.69 Å². The quantitative estimate of drug-likeness (QED) is 0.775. The summed E-state index contributed by atoms with van der Waals surface area (Å²) < 4.78 is 0. The van der Waals surface area contributed by atoms with E-state index in [0.717, 1.165) is 11.3 Å². The number of rotatable bonds is 7. The van der Waals surface area contributed by atoms with Gasteiger partial charge in [0.25, 0.3) is 0 Å². The van der Waals surface area contributed by atoms with Crippen LogP contribution in [-0.2, 0) is 14.4 Å². The Bertz CT molecular complexity index is 609. The molecule has 25 heavy (non-hydrogen) atoms. The predicted octanol–water partition coefficient (Wildman–Crippen LogP) is 2.04. The number of likely N-dealkylation sites (N-methyl/N-ethyl adjacent to an activating group) is 1. The van der Waals surface area contributed by atoms with E-state index >= 15 is 0 Å². The van der Waals surface area contributed by atoms with E-state index < -0.39 is 0 Å². The average Bonchev–Trinajstić information content (AvgIpc) is 2.47. The summed E-state index contributed by atoms with van der Waals surface area (Å²) in [6.45, 7) is 7.64. The van der Waals surface area contributed by atoms with Gasteiger partial charge in [0.1, 0.15) is 0 Å². The van der Waals surface area contributed by atoms with Crippen molar-refractivity contribution in [2.45, 2.75) is 33.2 Å². The van der Waals surface area contributed by atoms with Gasteiger partial charge in [-0.1, -0.05) is 17.7 Å². The molecule has 0 atom stereocenters. The van der Waals surface area contributed by atoms with E-state index in [1.165, 1.54) is 16.7 Å². The van der Waals surface area contributed by atoms with Gasteiger partial charge >= 0.3 is 0 Å². The number of hydrogen-bond acceptors (Lipinski definition) is 4. The van der Waals surface area contributed by atoms with E-state index in [-0.39, 0.29) is 41.3 Å². The maximum absolute atomic E-state index is 12.0. The maximum atomic E-state index is 12.0. The van der Waals surface area contributed by atoms with Gasteiger partial charge in [0.15, 0.2) is 0 Å². The molecule has 2 N–H and O–H groups in total. The van der Waals surface area contributed by atoms with Gasteiger partial charge in [0.2, 0.25) is 17.7 Å². The van der Waals surface area contributed by atoms with Crippen LogP contribution in [0.3, 0.4) is 0 Å². The lowest BCUT2D eigenvalue weighted by atomic mass is 10.1. The number of amides is 3. The van der Waals surface area contributed by atoms with Gasteiger partial charge in [-0.2, -0.15) is 0 Å². The largest absolute Gasteiger partial charge is 0.350 e. The molecule has 0 aromatic heterocycles. The summed E-state index contributed by atoms with van der Waals surface area (Å²) in [5, 5.41) is 5.59. The molecule has 0 aliphatic heterocycles. The van der Waals surface area contributed by atoms with Crippen molar-refractivity contribution in [3.05, 3.63) is 29.8 Å². The highest BCUT2D eigenvalue weighted by atomic mass is 32.2. The summed E-state index contributed by atoms with van der Waals surface area (Å²) in [4.78, 5) is 37.1. The monoisotopic (exact) mass is 365 g/mol. The lowest BCUT2D eigenvalue weighted by molar-refractivity contribution is -0.133. The number of hydrogen-bond donors (Lipinski definition) is 2. The second-order valence-electron chi connectivity index (χ2n) is 6.95. The number of aryl methyl sites for hydroxylation is 1. The molecule has 0 spiro atoms. The van der Waals surface area contributed by atoms with Gasteiger partial charge in [-0.15, -0.1) is 11.8 Å². The van der Waals surface area contributed by atoms with Crippen molar-refractivity contribution in [1.82, 2.24) is 10.2 Å². The van der Waals surface area contributed by atoms with Crippen LogP contribution in [0.5, 0.6) is 0 Å². The standard InChI is InChI=1S/C18H27N3O3S/c1-13-6-8-14(9-7-13)19-16(23)11-25-12-17(24)21(5)10-15(22)20-18(2,3)4/h6-9H,10-12H2,1-5H3,(H,19,23)(H,20,22). The highest BCUT2D eigenvalue weighted by Gasteiger charge is 2.18. The smallest absolute Gasteiger partial charge is 0.240 e. The minimum Gasteiger partial charge on any atom is -0.350 e. The Morgan fingerprint density at radius 2 is 1.64 bits per heavy atom. The molecule has 7 heteroatoms. The van der Waals surface area contributed by atoms with Crippen molar-refractivity contribution in [2.24, 2.45) is 0 Å². The second-order valence-corrected chi connectivity index (χ2v) is 7.94. The highest BCUT2D eigenvalue weighted by Crippen LogP contribution is 2.10. The molecule has 0 aliphatic rings. The van der Waals surface area contributed by atoms with Crippen LogP contribution in [-0.4, -0.2) is 53.3 Å². The fraction of sp³-hybridized carbons (Fsp3) is 0.500. The first-order chi connectivity index (χ1) is 11.6. The molecule has 1 aromatic carbocycles. The molecule has 0 radical (unpaired) electrons. The first kappa shape index (κ1) is 21.0. The lowest BCUT2D eigenvalue weighted by Crippen LogP contribution is -2.46. The Morgan fingerprint density at radius 3 is 2.20 bits per heavy atom. The van der Waals surface area contributed by atoms with E-state index in [0.29, 0.717) is 0 Å². The van der Waals surface area contributed by atoms with Gasteiger partial charge in [0.05, 0.1) is 18.1 Å². The van der Waals surface area contributed by atoms with Gasteiger partial charge in [-0.25, -0.2) is 0 Å². The molecule has 0 bridgehead atoms. The Balaban J connectivity index is 2.30. The summed E-state index contributed by atoms with van der Waals surface area (Å²) in [5.41, 5.74) is 1.53. The predicted molar refractivity (Wildman–Crippen MR) is 103 cm³/mol. The van der Waals surface area contributed by atoms with Crippen molar-refractivity contribution in [3.8, 4) is 0 Å². The highest BCUT2D eigenvalue weighted by molar-refractivity contribution is 8.00. The zero-order chi connectivity index (χ0) is 19.0. The average molecular weight is 365 g/mol. The number of carbonyl (C=O) groups excluding carboxylic acids is 3. The fourth-order valence-corrected chi connectivity index (χ4v) is 2.69. The van der Waals surface area contributed by atoms with Crippen molar-refractivity contribution < 1.29 is 14.4 Å². The van der Waals surface area contributed by atoms with Crippen molar-refractivity contribution >= 4 is 35.2 Å². The number of anilines is 1. The molecule has 0 heterocycles. The van der Waals surface area contributed by atoms with Gasteiger partial charge < -0.3 is 15.5 Å². The zero-order valence-corrected chi connectivity index (χ0v) is 16.3.